The summed E-state index contributed by atoms with van der Waals surface area (Å²) in [4.78, 5) is 20.8. The van der Waals surface area contributed by atoms with Gasteiger partial charge in [0, 0.05) is 36.6 Å². The second-order valence-electron chi connectivity index (χ2n) is 6.50. The zero-order valence-corrected chi connectivity index (χ0v) is 14.8. The SMILES string of the molecule is Cc1ccc(N2CCc3nc(-c4ccccn4)ncc3C2C)nc1C. The number of aryl methyl sites for hydroxylation is 2. The summed E-state index contributed by atoms with van der Waals surface area (Å²) in [6, 6.07) is 10.3. The van der Waals surface area contributed by atoms with Crippen molar-refractivity contribution in [2.45, 2.75) is 33.2 Å². The molecular formula is C20H21N5. The van der Waals surface area contributed by atoms with E-state index in [0.717, 1.165) is 35.9 Å². The van der Waals surface area contributed by atoms with Gasteiger partial charge in [-0.05, 0) is 44.5 Å². The first-order valence-corrected chi connectivity index (χ1v) is 8.61. The van der Waals surface area contributed by atoms with Gasteiger partial charge in [-0.15, -0.1) is 0 Å². The minimum Gasteiger partial charge on any atom is -0.349 e. The van der Waals surface area contributed by atoms with Crippen LogP contribution >= 0.6 is 0 Å². The van der Waals surface area contributed by atoms with Crippen LogP contribution in [0.3, 0.4) is 0 Å². The fourth-order valence-corrected chi connectivity index (χ4v) is 3.27. The molecule has 0 fully saturated rings. The molecule has 0 amide bonds. The first-order chi connectivity index (χ1) is 12.1. The Labute approximate surface area is 147 Å². The van der Waals surface area contributed by atoms with E-state index in [1.54, 1.807) is 6.20 Å². The Hall–Kier alpha value is -2.82. The van der Waals surface area contributed by atoms with E-state index in [-0.39, 0.29) is 6.04 Å². The molecular weight excluding hydrogens is 310 g/mol. The van der Waals surface area contributed by atoms with Crippen LogP contribution in [-0.2, 0) is 6.42 Å². The molecule has 5 heteroatoms. The average molecular weight is 331 g/mol. The third-order valence-electron chi connectivity index (χ3n) is 4.93. The monoisotopic (exact) mass is 331 g/mol. The van der Waals surface area contributed by atoms with Crippen LogP contribution < -0.4 is 4.90 Å². The molecule has 5 nitrogen and oxygen atoms in total. The maximum atomic E-state index is 4.77. The molecule has 1 aliphatic rings. The van der Waals surface area contributed by atoms with Crippen LogP contribution in [0.4, 0.5) is 5.82 Å². The minimum atomic E-state index is 0.205. The van der Waals surface area contributed by atoms with E-state index < -0.39 is 0 Å². The van der Waals surface area contributed by atoms with Gasteiger partial charge in [0.15, 0.2) is 5.82 Å². The number of hydrogen-bond donors (Lipinski definition) is 0. The lowest BCUT2D eigenvalue weighted by molar-refractivity contribution is 0.601. The molecule has 0 radical (unpaired) electrons. The number of anilines is 1. The summed E-state index contributed by atoms with van der Waals surface area (Å²) < 4.78 is 0. The third kappa shape index (κ3) is 2.86. The number of fused-ring (bicyclic) bond motifs is 1. The number of hydrogen-bond acceptors (Lipinski definition) is 5. The third-order valence-corrected chi connectivity index (χ3v) is 4.93. The lowest BCUT2D eigenvalue weighted by Gasteiger charge is -2.35. The van der Waals surface area contributed by atoms with Crippen LogP contribution in [-0.4, -0.2) is 26.5 Å². The van der Waals surface area contributed by atoms with Gasteiger partial charge in [0.1, 0.15) is 11.5 Å². The van der Waals surface area contributed by atoms with Crippen LogP contribution in [0.15, 0.2) is 42.7 Å². The molecule has 1 atom stereocenters. The van der Waals surface area contributed by atoms with E-state index in [1.165, 1.54) is 11.1 Å². The van der Waals surface area contributed by atoms with Crippen molar-refractivity contribution in [1.82, 2.24) is 19.9 Å². The van der Waals surface area contributed by atoms with E-state index in [2.05, 4.69) is 47.8 Å². The summed E-state index contributed by atoms with van der Waals surface area (Å²) in [5, 5.41) is 0. The number of rotatable bonds is 2. The molecule has 0 spiro atoms. The number of nitrogens with zero attached hydrogens (tertiary/aromatic N) is 5. The lowest BCUT2D eigenvalue weighted by Crippen LogP contribution is -2.35. The van der Waals surface area contributed by atoms with Gasteiger partial charge in [-0.2, -0.15) is 0 Å². The molecule has 1 aliphatic heterocycles. The van der Waals surface area contributed by atoms with Gasteiger partial charge in [-0.3, -0.25) is 4.98 Å². The highest BCUT2D eigenvalue weighted by Crippen LogP contribution is 2.32. The van der Waals surface area contributed by atoms with Crippen molar-refractivity contribution < 1.29 is 0 Å². The highest BCUT2D eigenvalue weighted by atomic mass is 15.2. The van der Waals surface area contributed by atoms with E-state index >= 15 is 0 Å². The number of pyridine rings is 2. The zero-order valence-electron chi connectivity index (χ0n) is 14.8. The summed E-state index contributed by atoms with van der Waals surface area (Å²) in [6.07, 6.45) is 4.61. The average Bonchev–Trinajstić information content (AvgIpc) is 2.65. The Morgan fingerprint density at radius 1 is 1.04 bits per heavy atom. The molecule has 3 aromatic heterocycles. The van der Waals surface area contributed by atoms with E-state index in [0.29, 0.717) is 5.82 Å². The molecule has 25 heavy (non-hydrogen) atoms. The molecule has 4 heterocycles. The van der Waals surface area contributed by atoms with Gasteiger partial charge in [0.25, 0.3) is 0 Å². The summed E-state index contributed by atoms with van der Waals surface area (Å²) in [6.45, 7) is 7.25. The van der Waals surface area contributed by atoms with Crippen molar-refractivity contribution in [3.63, 3.8) is 0 Å². The quantitative estimate of drug-likeness (QED) is 0.717. The van der Waals surface area contributed by atoms with Gasteiger partial charge in [0.2, 0.25) is 0 Å². The van der Waals surface area contributed by atoms with Gasteiger partial charge in [-0.25, -0.2) is 15.0 Å². The van der Waals surface area contributed by atoms with Gasteiger partial charge < -0.3 is 4.90 Å². The molecule has 126 valence electrons. The molecule has 0 bridgehead atoms. The summed E-state index contributed by atoms with van der Waals surface area (Å²) in [7, 11) is 0. The largest absolute Gasteiger partial charge is 0.349 e. The second-order valence-corrected chi connectivity index (χ2v) is 6.50. The van der Waals surface area contributed by atoms with Crippen molar-refractivity contribution in [2.24, 2.45) is 0 Å². The summed E-state index contributed by atoms with van der Waals surface area (Å²) in [5.74, 6) is 1.72. The lowest BCUT2D eigenvalue weighted by atomic mass is 9.99. The van der Waals surface area contributed by atoms with E-state index in [1.807, 2.05) is 24.4 Å². The highest BCUT2D eigenvalue weighted by Gasteiger charge is 2.27. The normalized spacial score (nSPS) is 16.6. The fourth-order valence-electron chi connectivity index (χ4n) is 3.27. The predicted molar refractivity (Wildman–Crippen MR) is 98.4 cm³/mol. The van der Waals surface area contributed by atoms with Crippen molar-refractivity contribution >= 4 is 5.82 Å². The van der Waals surface area contributed by atoms with Crippen molar-refractivity contribution in [3.05, 3.63) is 65.2 Å². The number of aromatic nitrogens is 4. The molecule has 0 aromatic carbocycles. The van der Waals surface area contributed by atoms with Gasteiger partial charge >= 0.3 is 0 Å². The van der Waals surface area contributed by atoms with Crippen LogP contribution in [0.5, 0.6) is 0 Å². The van der Waals surface area contributed by atoms with Crippen LogP contribution in [0.2, 0.25) is 0 Å². The Morgan fingerprint density at radius 2 is 1.92 bits per heavy atom. The topological polar surface area (TPSA) is 54.8 Å². The zero-order chi connectivity index (χ0) is 17.4. The van der Waals surface area contributed by atoms with Crippen molar-refractivity contribution in [2.75, 3.05) is 11.4 Å². The first-order valence-electron chi connectivity index (χ1n) is 8.61. The van der Waals surface area contributed by atoms with Crippen LogP contribution in [0.1, 0.15) is 35.5 Å². The summed E-state index contributed by atoms with van der Waals surface area (Å²) in [5.41, 5.74) is 5.40. The Kier molecular flexibility index (Phi) is 3.92. The molecule has 0 aliphatic carbocycles. The Bertz CT molecular complexity index is 907. The van der Waals surface area contributed by atoms with Crippen molar-refractivity contribution in [3.8, 4) is 11.5 Å². The predicted octanol–water partition coefficient (Wildman–Crippen LogP) is 3.67. The first kappa shape index (κ1) is 15.7. The van der Waals surface area contributed by atoms with E-state index in [4.69, 9.17) is 9.97 Å². The minimum absolute atomic E-state index is 0.205. The van der Waals surface area contributed by atoms with Gasteiger partial charge in [-0.1, -0.05) is 12.1 Å². The van der Waals surface area contributed by atoms with Crippen LogP contribution in [0.25, 0.3) is 11.5 Å². The Morgan fingerprint density at radius 3 is 2.68 bits per heavy atom. The molecule has 4 rings (SSSR count). The molecule has 1 unspecified atom stereocenters. The van der Waals surface area contributed by atoms with E-state index in [9.17, 15) is 0 Å². The van der Waals surface area contributed by atoms with Crippen molar-refractivity contribution in [1.29, 1.82) is 0 Å². The van der Waals surface area contributed by atoms with Crippen LogP contribution in [0, 0.1) is 13.8 Å². The Balaban J connectivity index is 1.67. The molecule has 0 N–H and O–H groups in total. The molecule has 0 saturated carbocycles. The maximum absolute atomic E-state index is 4.77. The second kappa shape index (κ2) is 6.24. The fraction of sp³-hybridized carbons (Fsp3) is 0.300. The van der Waals surface area contributed by atoms with Gasteiger partial charge in [0.05, 0.1) is 11.7 Å². The molecule has 3 aromatic rings. The maximum Gasteiger partial charge on any atom is 0.178 e. The smallest absolute Gasteiger partial charge is 0.178 e. The summed E-state index contributed by atoms with van der Waals surface area (Å²) >= 11 is 0. The molecule has 0 saturated heterocycles. The standard InChI is InChI=1S/C20H21N5/c1-13-7-8-19(23-14(13)2)25-11-9-17-16(15(25)3)12-22-20(24-17)18-6-4-5-10-21-18/h4-8,10,12,15H,9,11H2,1-3H3. The highest BCUT2D eigenvalue weighted by molar-refractivity contribution is 5.51.